The normalized spacial score (nSPS) is 10.5. The van der Waals surface area contributed by atoms with Crippen LogP contribution in [0.15, 0.2) is 60.0 Å². The summed E-state index contributed by atoms with van der Waals surface area (Å²) in [5.74, 6) is -0.796. The number of hydrogen-bond donors (Lipinski definition) is 2. The predicted molar refractivity (Wildman–Crippen MR) is 122 cm³/mol. The van der Waals surface area contributed by atoms with Gasteiger partial charge in [-0.25, -0.2) is 4.98 Å². The van der Waals surface area contributed by atoms with Gasteiger partial charge in [0.15, 0.2) is 0 Å². The number of nitrogens with zero attached hydrogens (tertiary/aromatic N) is 2. The van der Waals surface area contributed by atoms with Crippen LogP contribution in [-0.2, 0) is 16.0 Å². The fourth-order valence-electron chi connectivity index (χ4n) is 3.01. The standard InChI is InChI=1S/C23H24N4O3S/c1-2-27(13-12-20(28)25-18-10-8-16(9-11-18)22(24)30)21(29)14-19-15-31-23(26-19)17-6-4-3-5-7-17/h3-11,15H,2,12-14H2,1H3,(H2,24,30)(H,25,28). The predicted octanol–water partition coefficient (Wildman–Crippen LogP) is 3.33. The number of rotatable bonds is 9. The van der Waals surface area contributed by atoms with Gasteiger partial charge in [-0.05, 0) is 31.2 Å². The smallest absolute Gasteiger partial charge is 0.248 e. The third-order valence-electron chi connectivity index (χ3n) is 4.70. The molecule has 0 bridgehead atoms. The molecule has 3 rings (SSSR count). The van der Waals surface area contributed by atoms with Crippen LogP contribution >= 0.6 is 11.3 Å². The zero-order chi connectivity index (χ0) is 22.2. The van der Waals surface area contributed by atoms with Gasteiger partial charge in [0, 0.05) is 41.7 Å². The van der Waals surface area contributed by atoms with Crippen LogP contribution in [0.3, 0.4) is 0 Å². The monoisotopic (exact) mass is 436 g/mol. The van der Waals surface area contributed by atoms with Crippen molar-refractivity contribution in [2.24, 2.45) is 5.73 Å². The molecule has 0 atom stereocenters. The lowest BCUT2D eigenvalue weighted by atomic mass is 10.2. The molecular formula is C23H24N4O3S. The number of anilines is 1. The first-order valence-electron chi connectivity index (χ1n) is 9.93. The molecule has 0 unspecified atom stereocenters. The van der Waals surface area contributed by atoms with E-state index in [9.17, 15) is 14.4 Å². The van der Waals surface area contributed by atoms with Crippen molar-refractivity contribution >= 4 is 34.7 Å². The Morgan fingerprint density at radius 1 is 1.06 bits per heavy atom. The Morgan fingerprint density at radius 3 is 2.42 bits per heavy atom. The van der Waals surface area contributed by atoms with E-state index in [1.54, 1.807) is 29.2 Å². The molecule has 31 heavy (non-hydrogen) atoms. The summed E-state index contributed by atoms with van der Waals surface area (Å²) in [7, 11) is 0. The van der Waals surface area contributed by atoms with E-state index in [4.69, 9.17) is 5.73 Å². The molecule has 3 amide bonds. The largest absolute Gasteiger partial charge is 0.366 e. The number of nitrogens with one attached hydrogen (secondary N) is 1. The number of aromatic nitrogens is 1. The molecule has 1 heterocycles. The highest BCUT2D eigenvalue weighted by Gasteiger charge is 2.16. The van der Waals surface area contributed by atoms with E-state index >= 15 is 0 Å². The molecule has 0 aliphatic carbocycles. The summed E-state index contributed by atoms with van der Waals surface area (Å²) < 4.78 is 0. The molecule has 3 N–H and O–H groups in total. The molecule has 0 radical (unpaired) electrons. The molecule has 0 saturated heterocycles. The highest BCUT2D eigenvalue weighted by molar-refractivity contribution is 7.13. The molecule has 8 heteroatoms. The fraction of sp³-hybridized carbons (Fsp3) is 0.217. The van der Waals surface area contributed by atoms with Crippen molar-refractivity contribution in [3.8, 4) is 10.6 Å². The maximum atomic E-state index is 12.7. The van der Waals surface area contributed by atoms with Gasteiger partial charge in [0.1, 0.15) is 5.01 Å². The lowest BCUT2D eigenvalue weighted by molar-refractivity contribution is -0.130. The Balaban J connectivity index is 1.51. The number of thiazole rings is 1. The summed E-state index contributed by atoms with van der Waals surface area (Å²) >= 11 is 1.51. The van der Waals surface area contributed by atoms with Crippen LogP contribution in [0.1, 0.15) is 29.4 Å². The van der Waals surface area contributed by atoms with Gasteiger partial charge >= 0.3 is 0 Å². The third kappa shape index (κ3) is 6.23. The van der Waals surface area contributed by atoms with Gasteiger partial charge in [-0.2, -0.15) is 0 Å². The second kappa shape index (κ2) is 10.5. The average Bonchev–Trinajstić information content (AvgIpc) is 3.23. The van der Waals surface area contributed by atoms with Crippen molar-refractivity contribution in [1.29, 1.82) is 0 Å². The minimum atomic E-state index is -0.522. The van der Waals surface area contributed by atoms with Crippen LogP contribution in [0.25, 0.3) is 10.6 Å². The van der Waals surface area contributed by atoms with Gasteiger partial charge in [0.25, 0.3) is 0 Å². The Labute approximate surface area is 184 Å². The van der Waals surface area contributed by atoms with Gasteiger partial charge in [-0.3, -0.25) is 14.4 Å². The van der Waals surface area contributed by atoms with Crippen molar-refractivity contribution in [2.75, 3.05) is 18.4 Å². The highest BCUT2D eigenvalue weighted by Crippen LogP contribution is 2.23. The molecule has 0 fully saturated rings. The quantitative estimate of drug-likeness (QED) is 0.537. The van der Waals surface area contributed by atoms with Crippen molar-refractivity contribution in [1.82, 2.24) is 9.88 Å². The Morgan fingerprint density at radius 2 is 1.77 bits per heavy atom. The Kier molecular flexibility index (Phi) is 7.50. The summed E-state index contributed by atoms with van der Waals surface area (Å²) in [6.45, 7) is 2.71. The number of carbonyl (C=O) groups is 3. The number of amides is 3. The lowest BCUT2D eigenvalue weighted by Crippen LogP contribution is -2.34. The van der Waals surface area contributed by atoms with E-state index in [1.165, 1.54) is 11.3 Å². The van der Waals surface area contributed by atoms with Gasteiger partial charge in [-0.1, -0.05) is 30.3 Å². The number of nitrogens with two attached hydrogens (primary N) is 1. The zero-order valence-corrected chi connectivity index (χ0v) is 18.0. The summed E-state index contributed by atoms with van der Waals surface area (Å²) in [6, 6.07) is 16.2. The van der Waals surface area contributed by atoms with Crippen LogP contribution in [0.4, 0.5) is 5.69 Å². The van der Waals surface area contributed by atoms with Crippen LogP contribution in [0.2, 0.25) is 0 Å². The molecule has 0 spiro atoms. The number of hydrogen-bond acceptors (Lipinski definition) is 5. The zero-order valence-electron chi connectivity index (χ0n) is 17.2. The molecule has 3 aromatic rings. The molecule has 160 valence electrons. The van der Waals surface area contributed by atoms with Crippen LogP contribution < -0.4 is 11.1 Å². The van der Waals surface area contributed by atoms with Gasteiger partial charge in [0.2, 0.25) is 17.7 Å². The SMILES string of the molecule is CCN(CCC(=O)Nc1ccc(C(N)=O)cc1)C(=O)Cc1csc(-c2ccccc2)n1. The van der Waals surface area contributed by atoms with Crippen LogP contribution in [0, 0.1) is 0 Å². The third-order valence-corrected chi connectivity index (χ3v) is 5.64. The first-order valence-corrected chi connectivity index (χ1v) is 10.8. The van der Waals surface area contributed by atoms with Crippen molar-refractivity contribution < 1.29 is 14.4 Å². The maximum Gasteiger partial charge on any atom is 0.248 e. The Hall–Kier alpha value is -3.52. The van der Waals surface area contributed by atoms with E-state index < -0.39 is 5.91 Å². The molecule has 2 aromatic carbocycles. The number of carbonyl (C=O) groups excluding carboxylic acids is 3. The minimum Gasteiger partial charge on any atom is -0.366 e. The van der Waals surface area contributed by atoms with E-state index in [0.717, 1.165) is 16.3 Å². The first-order chi connectivity index (χ1) is 15.0. The second-order valence-corrected chi connectivity index (χ2v) is 7.76. The van der Waals surface area contributed by atoms with E-state index in [0.29, 0.717) is 24.3 Å². The molecule has 1 aromatic heterocycles. The van der Waals surface area contributed by atoms with E-state index in [-0.39, 0.29) is 24.7 Å². The van der Waals surface area contributed by atoms with Crippen LogP contribution in [-0.4, -0.2) is 40.7 Å². The summed E-state index contributed by atoms with van der Waals surface area (Å²) in [5.41, 5.74) is 7.91. The topological polar surface area (TPSA) is 105 Å². The van der Waals surface area contributed by atoms with Gasteiger partial charge in [0.05, 0.1) is 12.1 Å². The Bertz CT molecular complexity index is 1050. The van der Waals surface area contributed by atoms with Crippen molar-refractivity contribution in [3.63, 3.8) is 0 Å². The number of likely N-dealkylation sites (N-methyl/N-ethyl adjacent to an activating group) is 1. The van der Waals surface area contributed by atoms with Gasteiger partial charge in [-0.15, -0.1) is 11.3 Å². The summed E-state index contributed by atoms with van der Waals surface area (Å²) in [4.78, 5) is 42.2. The van der Waals surface area contributed by atoms with E-state index in [1.807, 2.05) is 42.6 Å². The van der Waals surface area contributed by atoms with Crippen LogP contribution in [0.5, 0.6) is 0 Å². The lowest BCUT2D eigenvalue weighted by Gasteiger charge is -2.20. The maximum absolute atomic E-state index is 12.7. The summed E-state index contributed by atoms with van der Waals surface area (Å²) in [6.07, 6.45) is 0.372. The first kappa shape index (κ1) is 22.2. The summed E-state index contributed by atoms with van der Waals surface area (Å²) in [5, 5.41) is 5.54. The fourth-order valence-corrected chi connectivity index (χ4v) is 3.83. The average molecular weight is 437 g/mol. The van der Waals surface area contributed by atoms with Crippen molar-refractivity contribution in [3.05, 3.63) is 71.2 Å². The number of primary amides is 1. The molecule has 0 saturated carbocycles. The van der Waals surface area contributed by atoms with Gasteiger partial charge < -0.3 is 16.0 Å². The second-order valence-electron chi connectivity index (χ2n) is 6.90. The molecule has 0 aliphatic rings. The molecular weight excluding hydrogens is 412 g/mol. The minimum absolute atomic E-state index is 0.0639. The number of benzene rings is 2. The highest BCUT2D eigenvalue weighted by atomic mass is 32.1. The van der Waals surface area contributed by atoms with Crippen molar-refractivity contribution in [2.45, 2.75) is 19.8 Å². The molecule has 7 nitrogen and oxygen atoms in total. The van der Waals surface area contributed by atoms with E-state index in [2.05, 4.69) is 10.3 Å². The molecule has 0 aliphatic heterocycles.